The molecule has 0 spiro atoms. The third-order valence-corrected chi connectivity index (χ3v) is 9.45. The lowest BCUT2D eigenvalue weighted by Crippen LogP contribution is -2.26. The Morgan fingerprint density at radius 1 is 0.918 bits per heavy atom. The van der Waals surface area contributed by atoms with Crippen molar-refractivity contribution >= 4 is 49.6 Å². The SMILES string of the molecule is CCCCOC(=O)c1cc(Nc2cccc(C)c2)cc(Nc2c(S(=O)(=O)NC3CC3)cnc3cc(-c4cnc(OC)nc4OC)ccc23)c1. The molecule has 5 aromatic rings. The molecule has 0 atom stereocenters. The van der Waals surface area contributed by atoms with Crippen LogP contribution in [0.5, 0.6) is 11.9 Å². The van der Waals surface area contributed by atoms with Crippen LogP contribution in [0.3, 0.4) is 0 Å². The number of anilines is 4. The van der Waals surface area contributed by atoms with Crippen molar-refractivity contribution in [2.45, 2.75) is 50.5 Å². The van der Waals surface area contributed by atoms with Gasteiger partial charge in [-0.2, -0.15) is 4.98 Å². The van der Waals surface area contributed by atoms with E-state index in [1.807, 2.05) is 56.3 Å². The van der Waals surface area contributed by atoms with Crippen LogP contribution in [0, 0.1) is 6.92 Å². The van der Waals surface area contributed by atoms with Crippen molar-refractivity contribution in [3.8, 4) is 23.0 Å². The number of benzene rings is 3. The minimum Gasteiger partial charge on any atom is -0.480 e. The maximum atomic E-state index is 13.7. The van der Waals surface area contributed by atoms with Gasteiger partial charge in [-0.15, -0.1) is 0 Å². The highest BCUT2D eigenvalue weighted by Crippen LogP contribution is 2.38. The molecule has 12 nitrogen and oxygen atoms in total. The van der Waals surface area contributed by atoms with Gasteiger partial charge in [-0.05, 0) is 73.7 Å². The van der Waals surface area contributed by atoms with E-state index in [-0.39, 0.29) is 16.9 Å². The zero-order valence-corrected chi connectivity index (χ0v) is 28.6. The zero-order chi connectivity index (χ0) is 34.5. The number of sulfonamides is 1. The molecule has 3 aromatic carbocycles. The van der Waals surface area contributed by atoms with E-state index in [4.69, 9.17) is 14.2 Å². The number of pyridine rings is 1. The summed E-state index contributed by atoms with van der Waals surface area (Å²) in [7, 11) is -0.983. The predicted molar refractivity (Wildman–Crippen MR) is 189 cm³/mol. The molecule has 0 unspecified atom stereocenters. The summed E-state index contributed by atoms with van der Waals surface area (Å²) in [5.74, 6) is -0.166. The summed E-state index contributed by atoms with van der Waals surface area (Å²) >= 11 is 0. The molecule has 0 radical (unpaired) electrons. The van der Waals surface area contributed by atoms with Crippen LogP contribution in [0.15, 0.2) is 78.0 Å². The molecule has 3 N–H and O–H groups in total. The van der Waals surface area contributed by atoms with Crippen LogP contribution in [-0.2, 0) is 14.8 Å². The number of fused-ring (bicyclic) bond motifs is 1. The number of methoxy groups -OCH3 is 2. The van der Waals surface area contributed by atoms with E-state index in [1.54, 1.807) is 24.4 Å². The number of rotatable bonds is 14. The maximum Gasteiger partial charge on any atom is 0.338 e. The number of esters is 1. The Morgan fingerprint density at radius 2 is 1.71 bits per heavy atom. The van der Waals surface area contributed by atoms with Gasteiger partial charge < -0.3 is 24.8 Å². The Bertz CT molecular complexity index is 2120. The van der Waals surface area contributed by atoms with Gasteiger partial charge in [0.25, 0.3) is 0 Å². The van der Waals surface area contributed by atoms with Crippen LogP contribution < -0.4 is 24.8 Å². The highest BCUT2D eigenvalue weighted by molar-refractivity contribution is 7.89. The number of ether oxygens (including phenoxy) is 3. The molecular formula is C36H38N6O6S. The van der Waals surface area contributed by atoms with E-state index >= 15 is 0 Å². The minimum absolute atomic E-state index is 0.0193. The number of carbonyl (C=O) groups is 1. The summed E-state index contributed by atoms with van der Waals surface area (Å²) in [6.45, 7) is 4.31. The van der Waals surface area contributed by atoms with E-state index in [0.717, 1.165) is 36.9 Å². The second-order valence-corrected chi connectivity index (χ2v) is 13.5. The number of nitrogens with one attached hydrogen (secondary N) is 3. The number of unbranched alkanes of at least 4 members (excludes halogenated alkanes) is 1. The van der Waals surface area contributed by atoms with Crippen molar-refractivity contribution in [1.29, 1.82) is 0 Å². The molecular weight excluding hydrogens is 644 g/mol. The highest BCUT2D eigenvalue weighted by Gasteiger charge is 2.31. The van der Waals surface area contributed by atoms with E-state index in [9.17, 15) is 13.2 Å². The highest BCUT2D eigenvalue weighted by atomic mass is 32.2. The monoisotopic (exact) mass is 682 g/mol. The first-order chi connectivity index (χ1) is 23.7. The molecule has 254 valence electrons. The Morgan fingerprint density at radius 3 is 2.43 bits per heavy atom. The van der Waals surface area contributed by atoms with Crippen molar-refractivity contribution in [3.05, 3.63) is 84.2 Å². The Kier molecular flexibility index (Phi) is 9.92. The van der Waals surface area contributed by atoms with Crippen LogP contribution in [0.2, 0.25) is 0 Å². The van der Waals surface area contributed by atoms with Crippen LogP contribution in [-0.4, -0.2) is 56.2 Å². The first kappa shape index (κ1) is 33.6. The first-order valence-electron chi connectivity index (χ1n) is 16.0. The molecule has 2 aromatic heterocycles. The fourth-order valence-electron chi connectivity index (χ4n) is 5.28. The number of hydrogen-bond acceptors (Lipinski definition) is 11. The first-order valence-corrected chi connectivity index (χ1v) is 17.5. The van der Waals surface area contributed by atoms with E-state index < -0.39 is 16.0 Å². The number of nitrogens with zero attached hydrogens (tertiary/aromatic N) is 3. The number of carbonyl (C=O) groups excluding carboxylic acids is 1. The largest absolute Gasteiger partial charge is 0.480 e. The third kappa shape index (κ3) is 7.90. The fourth-order valence-corrected chi connectivity index (χ4v) is 6.70. The molecule has 1 aliphatic carbocycles. The molecule has 1 aliphatic rings. The standard InChI is InChI=1S/C36H38N6O6S/c1-5-6-14-48-35(43)24-16-27(39-26-9-7-8-22(2)15-26)19-28(17-24)40-33-29-13-10-23(30-20-38-36(47-4)41-34(30)46-3)18-31(29)37-21-32(33)49(44,45)42-25-11-12-25/h7-10,13,15-21,25,39,42H,5-6,11-12,14H2,1-4H3,(H,37,40). The van der Waals surface area contributed by atoms with Gasteiger partial charge in [0.05, 0.1) is 43.2 Å². The van der Waals surface area contributed by atoms with Gasteiger partial charge in [-0.25, -0.2) is 22.9 Å². The third-order valence-electron chi connectivity index (χ3n) is 7.92. The molecule has 0 bridgehead atoms. The normalized spacial score (nSPS) is 12.8. The zero-order valence-electron chi connectivity index (χ0n) is 27.7. The van der Waals surface area contributed by atoms with Gasteiger partial charge in [-0.1, -0.05) is 37.6 Å². The number of aryl methyl sites for hydroxylation is 1. The van der Waals surface area contributed by atoms with Gasteiger partial charge in [-0.3, -0.25) is 4.98 Å². The molecule has 13 heteroatoms. The fraction of sp³-hybridized carbons (Fsp3) is 0.278. The molecule has 1 fully saturated rings. The van der Waals surface area contributed by atoms with Crippen molar-refractivity contribution in [2.24, 2.45) is 0 Å². The summed E-state index contributed by atoms with van der Waals surface area (Å²) in [5, 5.41) is 7.25. The summed E-state index contributed by atoms with van der Waals surface area (Å²) in [6.07, 6.45) is 6.11. The summed E-state index contributed by atoms with van der Waals surface area (Å²) < 4.78 is 46.4. The Labute approximate surface area is 285 Å². The van der Waals surface area contributed by atoms with Crippen molar-refractivity contribution in [1.82, 2.24) is 19.7 Å². The number of aromatic nitrogens is 3. The van der Waals surface area contributed by atoms with Gasteiger partial charge in [0.2, 0.25) is 15.9 Å². The van der Waals surface area contributed by atoms with Crippen LogP contribution in [0.1, 0.15) is 48.5 Å². The Balaban J connectivity index is 1.46. The van der Waals surface area contributed by atoms with Gasteiger partial charge >= 0.3 is 12.0 Å². The molecule has 49 heavy (non-hydrogen) atoms. The summed E-state index contributed by atoms with van der Waals surface area (Å²) in [5.41, 5.74) is 5.43. The average molecular weight is 683 g/mol. The minimum atomic E-state index is -3.96. The van der Waals surface area contributed by atoms with Gasteiger partial charge in [0.1, 0.15) is 4.90 Å². The molecule has 0 amide bonds. The van der Waals surface area contributed by atoms with Crippen molar-refractivity contribution in [3.63, 3.8) is 0 Å². The molecule has 1 saturated carbocycles. The Hall–Kier alpha value is -5.27. The average Bonchev–Trinajstić information content (AvgIpc) is 3.91. The van der Waals surface area contributed by atoms with Gasteiger partial charge in [0, 0.05) is 40.9 Å². The van der Waals surface area contributed by atoms with Gasteiger partial charge in [0.15, 0.2) is 0 Å². The quantitative estimate of drug-likeness (QED) is 0.0828. The summed E-state index contributed by atoms with van der Waals surface area (Å²) in [6, 6.07) is 18.5. The van der Waals surface area contributed by atoms with Crippen LogP contribution in [0.25, 0.3) is 22.0 Å². The summed E-state index contributed by atoms with van der Waals surface area (Å²) in [4.78, 5) is 26.3. The second-order valence-electron chi connectivity index (χ2n) is 11.8. The lowest BCUT2D eigenvalue weighted by Gasteiger charge is -2.18. The topological polar surface area (TPSA) is 154 Å². The smallest absolute Gasteiger partial charge is 0.338 e. The number of hydrogen-bond donors (Lipinski definition) is 3. The molecule has 0 aliphatic heterocycles. The van der Waals surface area contributed by atoms with E-state index in [2.05, 4.69) is 30.3 Å². The van der Waals surface area contributed by atoms with Crippen LogP contribution in [0.4, 0.5) is 22.7 Å². The lowest BCUT2D eigenvalue weighted by atomic mass is 10.0. The molecule has 0 saturated heterocycles. The van der Waals surface area contributed by atoms with Crippen LogP contribution >= 0.6 is 0 Å². The maximum absolute atomic E-state index is 13.7. The lowest BCUT2D eigenvalue weighted by molar-refractivity contribution is 0.0500. The van der Waals surface area contributed by atoms with Crippen molar-refractivity contribution < 1.29 is 27.4 Å². The molecule has 2 heterocycles. The second kappa shape index (κ2) is 14.5. The predicted octanol–water partition coefficient (Wildman–Crippen LogP) is 6.90. The molecule has 6 rings (SSSR count). The van der Waals surface area contributed by atoms with Crippen molar-refractivity contribution in [2.75, 3.05) is 31.5 Å². The van der Waals surface area contributed by atoms with E-state index in [1.165, 1.54) is 20.4 Å². The van der Waals surface area contributed by atoms with E-state index in [0.29, 0.717) is 57.1 Å².